The highest BCUT2D eigenvalue weighted by Crippen LogP contribution is 2.27. The highest BCUT2D eigenvalue weighted by atomic mass is 79.9. The summed E-state index contributed by atoms with van der Waals surface area (Å²) in [6.45, 7) is 0. The Labute approximate surface area is 258 Å². The van der Waals surface area contributed by atoms with Crippen LogP contribution >= 0.6 is 50.7 Å². The van der Waals surface area contributed by atoms with E-state index in [1.807, 2.05) is 0 Å². The van der Waals surface area contributed by atoms with Crippen LogP contribution in [0.15, 0.2) is 88.4 Å². The van der Waals surface area contributed by atoms with Gasteiger partial charge in [0.25, 0.3) is 11.8 Å². The molecule has 0 aliphatic carbocycles. The van der Waals surface area contributed by atoms with E-state index in [1.54, 1.807) is 48.5 Å². The van der Waals surface area contributed by atoms with Crippen molar-refractivity contribution in [3.63, 3.8) is 0 Å². The van der Waals surface area contributed by atoms with Crippen molar-refractivity contribution in [3.8, 4) is 11.5 Å². The fraction of sp³-hybridized carbons (Fsp3) is 0.0345. The highest BCUT2D eigenvalue weighted by molar-refractivity contribution is 9.10. The van der Waals surface area contributed by atoms with E-state index in [0.717, 1.165) is 0 Å². The molecule has 41 heavy (non-hydrogen) atoms. The van der Waals surface area contributed by atoms with E-state index in [-0.39, 0.29) is 27.5 Å². The Morgan fingerprint density at radius 3 is 2.32 bits per heavy atom. The van der Waals surface area contributed by atoms with Gasteiger partial charge in [-0.1, -0.05) is 56.8 Å². The number of hydrazone groups is 1. The first kappa shape index (κ1) is 30.1. The van der Waals surface area contributed by atoms with Crippen molar-refractivity contribution in [1.29, 1.82) is 0 Å². The molecule has 0 bridgehead atoms. The monoisotopic (exact) mass is 673 g/mol. The number of ether oxygens (including phenoxy) is 2. The van der Waals surface area contributed by atoms with Gasteiger partial charge >= 0.3 is 5.97 Å². The molecule has 0 fully saturated rings. The van der Waals surface area contributed by atoms with Gasteiger partial charge < -0.3 is 14.8 Å². The average molecular weight is 676 g/mol. The number of hydrogen-bond donors (Lipinski definition) is 2. The van der Waals surface area contributed by atoms with Crippen LogP contribution in [0, 0.1) is 0 Å². The molecular weight excluding hydrogens is 657 g/mol. The van der Waals surface area contributed by atoms with E-state index in [2.05, 4.69) is 31.8 Å². The van der Waals surface area contributed by atoms with E-state index in [1.165, 1.54) is 43.7 Å². The zero-order valence-corrected chi connectivity index (χ0v) is 24.9. The van der Waals surface area contributed by atoms with Gasteiger partial charge in [-0.15, -0.1) is 0 Å². The van der Waals surface area contributed by atoms with Crippen molar-refractivity contribution in [2.45, 2.75) is 0 Å². The quantitative estimate of drug-likeness (QED) is 0.0864. The third-order valence-corrected chi connectivity index (χ3v) is 6.76. The molecule has 2 N–H and O–H groups in total. The molecule has 0 atom stereocenters. The lowest BCUT2D eigenvalue weighted by atomic mass is 10.1. The van der Waals surface area contributed by atoms with Crippen LogP contribution in [0.1, 0.15) is 36.6 Å². The molecule has 4 aromatic rings. The third kappa shape index (κ3) is 7.86. The van der Waals surface area contributed by atoms with E-state index in [9.17, 15) is 14.4 Å². The molecule has 4 aromatic carbocycles. The second kappa shape index (κ2) is 13.6. The van der Waals surface area contributed by atoms with Crippen molar-refractivity contribution in [1.82, 2.24) is 5.43 Å². The molecule has 208 valence electrons. The van der Waals surface area contributed by atoms with Gasteiger partial charge in [0.1, 0.15) is 11.5 Å². The maximum atomic E-state index is 12.8. The Kier molecular flexibility index (Phi) is 10.0. The van der Waals surface area contributed by atoms with Crippen LogP contribution in [0.4, 0.5) is 5.69 Å². The summed E-state index contributed by atoms with van der Waals surface area (Å²) in [4.78, 5) is 38.2. The molecule has 0 spiro atoms. The summed E-state index contributed by atoms with van der Waals surface area (Å²) < 4.78 is 11.4. The SMILES string of the molecule is COc1ccc(Cl)cc1C(=O)Nc1cccc(C(=O)NN=Cc2cc(Br)ccc2OC(=O)c2ccc(Cl)cc2Cl)c1. The van der Waals surface area contributed by atoms with Gasteiger partial charge in [-0.3, -0.25) is 9.59 Å². The summed E-state index contributed by atoms with van der Waals surface area (Å²) in [5, 5.41) is 7.63. The summed E-state index contributed by atoms with van der Waals surface area (Å²) in [5.74, 6) is -1.16. The smallest absolute Gasteiger partial charge is 0.345 e. The summed E-state index contributed by atoms with van der Waals surface area (Å²) in [6, 6.07) is 20.3. The lowest BCUT2D eigenvalue weighted by molar-refractivity contribution is 0.0734. The number of benzene rings is 4. The molecule has 12 heteroatoms. The Morgan fingerprint density at radius 2 is 1.56 bits per heavy atom. The van der Waals surface area contributed by atoms with Gasteiger partial charge in [0, 0.05) is 31.3 Å². The molecule has 0 radical (unpaired) electrons. The molecule has 0 aromatic heterocycles. The van der Waals surface area contributed by atoms with E-state index < -0.39 is 17.8 Å². The fourth-order valence-corrected chi connectivity index (χ4v) is 4.58. The third-order valence-electron chi connectivity index (χ3n) is 5.48. The summed E-state index contributed by atoms with van der Waals surface area (Å²) in [7, 11) is 1.45. The van der Waals surface area contributed by atoms with Gasteiger partial charge in [0.05, 0.1) is 29.5 Å². The molecule has 8 nitrogen and oxygen atoms in total. The van der Waals surface area contributed by atoms with Crippen LogP contribution in [0.2, 0.25) is 15.1 Å². The molecule has 2 amide bonds. The topological polar surface area (TPSA) is 106 Å². The number of nitrogens with zero attached hydrogens (tertiary/aromatic N) is 1. The van der Waals surface area contributed by atoms with Gasteiger partial charge in [0.2, 0.25) is 0 Å². The van der Waals surface area contributed by atoms with Crippen molar-refractivity contribution >= 4 is 80.4 Å². The Balaban J connectivity index is 1.45. The highest BCUT2D eigenvalue weighted by Gasteiger charge is 2.16. The molecular formula is C29H19BrCl3N3O5. The van der Waals surface area contributed by atoms with Crippen LogP contribution in [-0.2, 0) is 0 Å². The first-order chi connectivity index (χ1) is 19.6. The van der Waals surface area contributed by atoms with E-state index in [4.69, 9.17) is 44.3 Å². The number of amides is 2. The number of carbonyl (C=O) groups excluding carboxylic acids is 3. The van der Waals surface area contributed by atoms with Gasteiger partial charge in [-0.25, -0.2) is 10.2 Å². The number of nitrogens with one attached hydrogen (secondary N) is 2. The Hall–Kier alpha value is -3.89. The minimum atomic E-state index is -0.693. The van der Waals surface area contributed by atoms with E-state index >= 15 is 0 Å². The number of anilines is 1. The summed E-state index contributed by atoms with van der Waals surface area (Å²) in [5.41, 5.74) is 3.80. The Morgan fingerprint density at radius 1 is 0.829 bits per heavy atom. The number of halogens is 4. The van der Waals surface area contributed by atoms with Gasteiger partial charge in [-0.2, -0.15) is 5.10 Å². The van der Waals surface area contributed by atoms with Gasteiger partial charge in [-0.05, 0) is 72.8 Å². The number of esters is 1. The number of hydrogen-bond acceptors (Lipinski definition) is 6. The van der Waals surface area contributed by atoms with E-state index in [0.29, 0.717) is 31.5 Å². The molecule has 0 heterocycles. The Bertz CT molecular complexity index is 1680. The molecule has 0 saturated carbocycles. The lowest BCUT2D eigenvalue weighted by Gasteiger charge is -2.10. The molecule has 4 rings (SSSR count). The van der Waals surface area contributed by atoms with Crippen LogP contribution in [0.5, 0.6) is 11.5 Å². The summed E-state index contributed by atoms with van der Waals surface area (Å²) >= 11 is 21.4. The number of carbonyl (C=O) groups is 3. The van der Waals surface area contributed by atoms with Gasteiger partial charge in [0.15, 0.2) is 0 Å². The largest absolute Gasteiger partial charge is 0.496 e. The second-order valence-corrected chi connectivity index (χ2v) is 10.5. The fourth-order valence-electron chi connectivity index (χ4n) is 3.54. The zero-order valence-electron chi connectivity index (χ0n) is 21.1. The second-order valence-electron chi connectivity index (χ2n) is 8.27. The maximum absolute atomic E-state index is 12.8. The maximum Gasteiger partial charge on any atom is 0.345 e. The minimum absolute atomic E-state index is 0.135. The zero-order chi connectivity index (χ0) is 29.5. The van der Waals surface area contributed by atoms with Crippen molar-refractivity contribution in [2.24, 2.45) is 5.10 Å². The number of rotatable bonds is 8. The van der Waals surface area contributed by atoms with Crippen LogP contribution < -0.4 is 20.2 Å². The molecule has 0 unspecified atom stereocenters. The minimum Gasteiger partial charge on any atom is -0.496 e. The molecule has 0 aliphatic rings. The lowest BCUT2D eigenvalue weighted by Crippen LogP contribution is -2.19. The predicted molar refractivity (Wildman–Crippen MR) is 163 cm³/mol. The summed E-state index contributed by atoms with van der Waals surface area (Å²) in [6.07, 6.45) is 1.33. The first-order valence-electron chi connectivity index (χ1n) is 11.7. The van der Waals surface area contributed by atoms with Crippen molar-refractivity contribution < 1.29 is 23.9 Å². The standard InChI is InChI=1S/C29H19BrCl3N3O5/c1-40-26-10-7-19(31)13-23(26)28(38)35-21-4-2-3-16(12-21)27(37)36-34-15-17-11-18(30)5-9-25(17)41-29(39)22-8-6-20(32)14-24(22)33/h2-15H,1H3,(H,35,38)(H,36,37). The normalized spacial score (nSPS) is 10.8. The van der Waals surface area contributed by atoms with Crippen LogP contribution in [0.25, 0.3) is 0 Å². The van der Waals surface area contributed by atoms with Crippen LogP contribution in [0.3, 0.4) is 0 Å². The number of methoxy groups -OCH3 is 1. The first-order valence-corrected chi connectivity index (χ1v) is 13.6. The molecule has 0 saturated heterocycles. The van der Waals surface area contributed by atoms with Crippen LogP contribution in [-0.4, -0.2) is 31.1 Å². The molecule has 0 aliphatic heterocycles. The van der Waals surface area contributed by atoms with Crippen molar-refractivity contribution in [3.05, 3.63) is 121 Å². The van der Waals surface area contributed by atoms with Crippen molar-refractivity contribution in [2.75, 3.05) is 12.4 Å². The predicted octanol–water partition coefficient (Wildman–Crippen LogP) is 7.65. The average Bonchev–Trinajstić information content (AvgIpc) is 2.94.